The highest BCUT2D eigenvalue weighted by Gasteiger charge is 2.19. The summed E-state index contributed by atoms with van der Waals surface area (Å²) in [6.07, 6.45) is 3.24. The van der Waals surface area contributed by atoms with Crippen LogP contribution in [0.25, 0.3) is 32.6 Å². The molecule has 4 aromatic rings. The number of anilines is 1. The summed E-state index contributed by atoms with van der Waals surface area (Å²) in [5.41, 5.74) is 3.67. The molecule has 3 heterocycles. The van der Waals surface area contributed by atoms with Gasteiger partial charge in [0, 0.05) is 53.1 Å². The van der Waals surface area contributed by atoms with Gasteiger partial charge in [-0.1, -0.05) is 6.07 Å². The number of nitrogens with zero attached hydrogens (tertiary/aromatic N) is 3. The summed E-state index contributed by atoms with van der Waals surface area (Å²) >= 11 is 1.50. The summed E-state index contributed by atoms with van der Waals surface area (Å²) in [5.74, 6) is -0.227. The zero-order valence-corrected chi connectivity index (χ0v) is 21.4. The van der Waals surface area contributed by atoms with Crippen LogP contribution in [-0.2, 0) is 11.3 Å². The lowest BCUT2D eigenvalue weighted by Gasteiger charge is -2.14. The molecule has 9 nitrogen and oxygen atoms in total. The fourth-order valence-corrected chi connectivity index (χ4v) is 4.73. The topological polar surface area (TPSA) is 115 Å². The molecule has 10 heteroatoms. The summed E-state index contributed by atoms with van der Waals surface area (Å²) in [7, 11) is 0. The van der Waals surface area contributed by atoms with Gasteiger partial charge < -0.3 is 14.6 Å². The maximum atomic E-state index is 13.1. The standard InChI is InChI=1S/C26H27N5O4S/c1-5-27-26(34)30-22-11-18(24-29-15(4)14-36-24)19(12-28-22)16-8-9-17-21(10-16)31(6-2)13-20(23(17)32)25(33)35-7-3/h8-14H,5-7H2,1-4H3,(H2,27,28,30,34). The molecule has 4 rings (SSSR count). The minimum atomic E-state index is -0.628. The molecule has 0 atom stereocenters. The summed E-state index contributed by atoms with van der Waals surface area (Å²) < 4.78 is 6.93. The maximum Gasteiger partial charge on any atom is 0.343 e. The van der Waals surface area contributed by atoms with Gasteiger partial charge in [-0.05, 0) is 51.5 Å². The lowest BCUT2D eigenvalue weighted by atomic mass is 9.99. The molecule has 0 radical (unpaired) electrons. The van der Waals surface area contributed by atoms with E-state index >= 15 is 0 Å². The number of nitrogens with one attached hydrogen (secondary N) is 2. The van der Waals surface area contributed by atoms with Crippen LogP contribution in [0.2, 0.25) is 0 Å². The van der Waals surface area contributed by atoms with Crippen LogP contribution in [0.3, 0.4) is 0 Å². The van der Waals surface area contributed by atoms with Gasteiger partial charge in [0.1, 0.15) is 16.4 Å². The van der Waals surface area contributed by atoms with Gasteiger partial charge in [-0.25, -0.2) is 19.6 Å². The van der Waals surface area contributed by atoms with Crippen molar-refractivity contribution in [3.63, 3.8) is 0 Å². The Kier molecular flexibility index (Phi) is 7.44. The number of amides is 2. The van der Waals surface area contributed by atoms with Gasteiger partial charge >= 0.3 is 12.0 Å². The molecular formula is C26H27N5O4S. The summed E-state index contributed by atoms with van der Waals surface area (Å²) in [6.45, 7) is 8.65. The molecule has 0 aliphatic carbocycles. The van der Waals surface area contributed by atoms with Crippen molar-refractivity contribution in [1.82, 2.24) is 19.9 Å². The molecule has 186 valence electrons. The zero-order chi connectivity index (χ0) is 25.8. The molecule has 0 aliphatic heterocycles. The number of ether oxygens (including phenoxy) is 1. The molecule has 1 aromatic carbocycles. The Morgan fingerprint density at radius 3 is 2.61 bits per heavy atom. The number of pyridine rings is 2. The van der Waals surface area contributed by atoms with Crippen molar-refractivity contribution in [2.24, 2.45) is 0 Å². The zero-order valence-electron chi connectivity index (χ0n) is 20.5. The first-order valence-corrected chi connectivity index (χ1v) is 12.6. The first-order valence-electron chi connectivity index (χ1n) is 11.7. The summed E-state index contributed by atoms with van der Waals surface area (Å²) in [6, 6.07) is 6.92. The third-order valence-electron chi connectivity index (χ3n) is 5.56. The lowest BCUT2D eigenvalue weighted by Crippen LogP contribution is -2.28. The third kappa shape index (κ3) is 4.99. The second-order valence-corrected chi connectivity index (χ2v) is 8.86. The lowest BCUT2D eigenvalue weighted by molar-refractivity contribution is 0.0524. The van der Waals surface area contributed by atoms with E-state index in [1.807, 2.05) is 42.9 Å². The highest BCUT2D eigenvalue weighted by atomic mass is 32.1. The first-order chi connectivity index (χ1) is 17.4. The van der Waals surface area contributed by atoms with E-state index in [0.29, 0.717) is 29.8 Å². The summed E-state index contributed by atoms with van der Waals surface area (Å²) in [4.78, 5) is 46.5. The number of carbonyl (C=O) groups is 2. The SMILES string of the molecule is CCNC(=O)Nc1cc(-c2nc(C)cs2)c(-c2ccc3c(=O)c(C(=O)OCC)cn(CC)c3c2)cn1. The van der Waals surface area contributed by atoms with E-state index in [1.165, 1.54) is 11.3 Å². The van der Waals surface area contributed by atoms with E-state index in [1.54, 1.807) is 31.5 Å². The van der Waals surface area contributed by atoms with Crippen LogP contribution in [0.1, 0.15) is 36.8 Å². The molecule has 3 aromatic heterocycles. The number of aryl methyl sites for hydroxylation is 2. The first kappa shape index (κ1) is 25.1. The highest BCUT2D eigenvalue weighted by molar-refractivity contribution is 7.13. The van der Waals surface area contributed by atoms with Gasteiger partial charge in [0.2, 0.25) is 5.43 Å². The Morgan fingerprint density at radius 2 is 1.94 bits per heavy atom. The van der Waals surface area contributed by atoms with Crippen molar-refractivity contribution >= 4 is 40.1 Å². The molecule has 0 fully saturated rings. The number of rotatable bonds is 7. The molecule has 2 amide bonds. The number of urea groups is 1. The second-order valence-electron chi connectivity index (χ2n) is 8.00. The van der Waals surface area contributed by atoms with Gasteiger partial charge in [-0.15, -0.1) is 11.3 Å². The van der Waals surface area contributed by atoms with Crippen molar-refractivity contribution in [3.05, 3.63) is 63.5 Å². The van der Waals surface area contributed by atoms with Crippen LogP contribution < -0.4 is 16.1 Å². The van der Waals surface area contributed by atoms with E-state index in [4.69, 9.17) is 4.74 Å². The molecule has 0 saturated heterocycles. The van der Waals surface area contributed by atoms with Crippen LogP contribution in [0.15, 0.2) is 46.8 Å². The molecule has 36 heavy (non-hydrogen) atoms. The molecule has 0 unspecified atom stereocenters. The molecule has 0 bridgehead atoms. The average Bonchev–Trinajstić information content (AvgIpc) is 3.30. The van der Waals surface area contributed by atoms with E-state index in [9.17, 15) is 14.4 Å². The Labute approximate surface area is 212 Å². The van der Waals surface area contributed by atoms with Crippen LogP contribution >= 0.6 is 11.3 Å². The molecule has 0 aliphatic rings. The summed E-state index contributed by atoms with van der Waals surface area (Å²) in [5, 5.41) is 8.62. The van der Waals surface area contributed by atoms with Gasteiger partial charge in [0.05, 0.1) is 12.1 Å². The van der Waals surface area contributed by atoms with Crippen molar-refractivity contribution in [2.45, 2.75) is 34.2 Å². The van der Waals surface area contributed by atoms with E-state index in [0.717, 1.165) is 27.4 Å². The minimum absolute atomic E-state index is 0.0142. The molecule has 0 spiro atoms. The van der Waals surface area contributed by atoms with Gasteiger partial charge in [-0.3, -0.25) is 10.1 Å². The van der Waals surface area contributed by atoms with Crippen LogP contribution in [0.4, 0.5) is 10.6 Å². The number of thiazole rings is 1. The van der Waals surface area contributed by atoms with Crippen molar-refractivity contribution < 1.29 is 14.3 Å². The predicted molar refractivity (Wildman–Crippen MR) is 142 cm³/mol. The predicted octanol–water partition coefficient (Wildman–Crippen LogP) is 4.83. The Morgan fingerprint density at radius 1 is 1.14 bits per heavy atom. The molecular weight excluding hydrogens is 478 g/mol. The van der Waals surface area contributed by atoms with Crippen LogP contribution in [0, 0.1) is 6.92 Å². The van der Waals surface area contributed by atoms with Gasteiger partial charge in [0.15, 0.2) is 0 Å². The van der Waals surface area contributed by atoms with E-state index < -0.39 is 5.97 Å². The van der Waals surface area contributed by atoms with Crippen LogP contribution in [0.5, 0.6) is 0 Å². The monoisotopic (exact) mass is 505 g/mol. The van der Waals surface area contributed by atoms with Crippen molar-refractivity contribution in [3.8, 4) is 21.7 Å². The Hall–Kier alpha value is -4.05. The van der Waals surface area contributed by atoms with Gasteiger partial charge in [-0.2, -0.15) is 0 Å². The maximum absolute atomic E-state index is 13.1. The Balaban J connectivity index is 1.87. The fraction of sp³-hybridized carbons (Fsp3) is 0.269. The number of carbonyl (C=O) groups excluding carboxylic acids is 2. The largest absolute Gasteiger partial charge is 0.462 e. The number of aromatic nitrogens is 3. The number of benzene rings is 1. The number of hydrogen-bond donors (Lipinski definition) is 2. The smallest absolute Gasteiger partial charge is 0.343 e. The van der Waals surface area contributed by atoms with Gasteiger partial charge in [0.25, 0.3) is 0 Å². The van der Waals surface area contributed by atoms with E-state index in [-0.39, 0.29) is 23.6 Å². The second kappa shape index (κ2) is 10.7. The third-order valence-corrected chi connectivity index (χ3v) is 6.55. The molecule has 0 saturated carbocycles. The average molecular weight is 506 g/mol. The fourth-order valence-electron chi connectivity index (χ4n) is 3.90. The normalized spacial score (nSPS) is 10.9. The van der Waals surface area contributed by atoms with Crippen molar-refractivity contribution in [1.29, 1.82) is 0 Å². The quantitative estimate of drug-likeness (QED) is 0.348. The number of esters is 1. The van der Waals surface area contributed by atoms with E-state index in [2.05, 4.69) is 20.6 Å². The Bertz CT molecular complexity index is 1510. The number of fused-ring (bicyclic) bond motifs is 1. The van der Waals surface area contributed by atoms with Crippen LogP contribution in [-0.4, -0.2) is 39.7 Å². The number of hydrogen-bond acceptors (Lipinski definition) is 7. The minimum Gasteiger partial charge on any atom is -0.462 e. The molecule has 2 N–H and O–H groups in total. The van der Waals surface area contributed by atoms with Crippen molar-refractivity contribution in [2.75, 3.05) is 18.5 Å². The highest BCUT2D eigenvalue weighted by Crippen LogP contribution is 2.36.